The number of fused-ring (bicyclic) bond motifs is 1. The molecule has 0 radical (unpaired) electrons. The summed E-state index contributed by atoms with van der Waals surface area (Å²) in [7, 11) is 0. The van der Waals surface area contributed by atoms with Crippen molar-refractivity contribution in [3.8, 4) is 0 Å². The first-order chi connectivity index (χ1) is 10.9. The number of rotatable bonds is 2. The summed E-state index contributed by atoms with van der Waals surface area (Å²) in [5.41, 5.74) is 3.31. The van der Waals surface area contributed by atoms with Crippen LogP contribution in [0.4, 0.5) is 0 Å². The molecule has 2 aliphatic heterocycles. The van der Waals surface area contributed by atoms with Gasteiger partial charge >= 0.3 is 0 Å². The second-order valence-corrected chi connectivity index (χ2v) is 5.75. The molecule has 0 bridgehead atoms. The molecule has 1 fully saturated rings. The Hall–Kier alpha value is -1.85. The van der Waals surface area contributed by atoms with E-state index in [9.17, 15) is 0 Å². The van der Waals surface area contributed by atoms with E-state index in [4.69, 9.17) is 14.2 Å². The molecule has 2 aromatic rings. The maximum atomic E-state index is 5.84. The maximum absolute atomic E-state index is 5.84. The Bertz CT molecular complexity index is 686. The summed E-state index contributed by atoms with van der Waals surface area (Å²) in [6, 6.07) is 6.36. The third-order valence-electron chi connectivity index (χ3n) is 4.22. The highest BCUT2D eigenvalue weighted by Crippen LogP contribution is 2.28. The van der Waals surface area contributed by atoms with Crippen LogP contribution >= 0.6 is 0 Å². The molecule has 0 N–H and O–H groups in total. The first kappa shape index (κ1) is 13.8. The molecule has 5 heteroatoms. The summed E-state index contributed by atoms with van der Waals surface area (Å²) in [6.07, 6.45) is 7.17. The van der Waals surface area contributed by atoms with Crippen molar-refractivity contribution in [3.05, 3.63) is 36.2 Å². The summed E-state index contributed by atoms with van der Waals surface area (Å²) < 4.78 is 18.8. The molecule has 2 aliphatic rings. The summed E-state index contributed by atoms with van der Waals surface area (Å²) in [6.45, 7) is 2.67. The Labute approximate surface area is 129 Å². The third kappa shape index (κ3) is 2.62. The molecular formula is C17H20N2O3. The quantitative estimate of drug-likeness (QED) is 0.855. The summed E-state index contributed by atoms with van der Waals surface area (Å²) in [4.78, 5) is 0. The molecule has 5 nitrogen and oxygen atoms in total. The lowest BCUT2D eigenvalue weighted by molar-refractivity contribution is -0.0366. The van der Waals surface area contributed by atoms with Crippen LogP contribution in [0.5, 0.6) is 0 Å². The second-order valence-electron chi connectivity index (χ2n) is 5.75. The fourth-order valence-corrected chi connectivity index (χ4v) is 3.03. The predicted molar refractivity (Wildman–Crippen MR) is 83.3 cm³/mol. The number of ether oxygens (including phenoxy) is 3. The van der Waals surface area contributed by atoms with E-state index in [1.165, 1.54) is 6.42 Å². The Balaban J connectivity index is 1.66. The predicted octanol–water partition coefficient (Wildman–Crippen LogP) is 3.12. The molecule has 1 unspecified atom stereocenters. The average Bonchev–Trinajstić information content (AvgIpc) is 2.80. The third-order valence-corrected chi connectivity index (χ3v) is 4.22. The molecule has 1 saturated heterocycles. The van der Waals surface area contributed by atoms with Gasteiger partial charge in [0.2, 0.25) is 0 Å². The van der Waals surface area contributed by atoms with Crippen molar-refractivity contribution in [3.63, 3.8) is 0 Å². The van der Waals surface area contributed by atoms with E-state index in [0.717, 1.165) is 41.5 Å². The topological polar surface area (TPSA) is 45.5 Å². The number of nitrogens with zero attached hydrogens (tertiary/aromatic N) is 2. The Morgan fingerprint density at radius 2 is 2.14 bits per heavy atom. The van der Waals surface area contributed by atoms with Crippen LogP contribution in [0.15, 0.2) is 30.7 Å². The lowest BCUT2D eigenvalue weighted by Crippen LogP contribution is -2.18. The molecular weight excluding hydrogens is 280 g/mol. The van der Waals surface area contributed by atoms with E-state index in [-0.39, 0.29) is 6.23 Å². The SMILES string of the molecule is C1=C(c2ccc3c(cnn3C3CCCCO3)c2)COCCO1. The highest BCUT2D eigenvalue weighted by molar-refractivity contribution is 5.83. The fourth-order valence-electron chi connectivity index (χ4n) is 3.03. The Morgan fingerprint density at radius 3 is 3.05 bits per heavy atom. The van der Waals surface area contributed by atoms with E-state index in [2.05, 4.69) is 23.3 Å². The highest BCUT2D eigenvalue weighted by atomic mass is 16.5. The standard InChI is InChI=1S/C17H20N2O3/c1-2-6-22-17(3-1)19-16-5-4-13(9-14(16)10-18-19)15-11-20-7-8-21-12-15/h4-5,9-11,17H,1-3,6-8,12H2. The van der Waals surface area contributed by atoms with Crippen molar-refractivity contribution in [2.75, 3.05) is 26.4 Å². The van der Waals surface area contributed by atoms with Gasteiger partial charge in [0.25, 0.3) is 0 Å². The van der Waals surface area contributed by atoms with Crippen LogP contribution in [0.2, 0.25) is 0 Å². The molecule has 1 aromatic carbocycles. The van der Waals surface area contributed by atoms with Crippen molar-refractivity contribution in [1.82, 2.24) is 9.78 Å². The minimum Gasteiger partial charge on any atom is -0.498 e. The number of aromatic nitrogens is 2. The van der Waals surface area contributed by atoms with E-state index in [0.29, 0.717) is 19.8 Å². The molecule has 3 heterocycles. The van der Waals surface area contributed by atoms with E-state index in [1.807, 2.05) is 17.1 Å². The van der Waals surface area contributed by atoms with E-state index >= 15 is 0 Å². The molecule has 0 amide bonds. The molecule has 0 spiro atoms. The van der Waals surface area contributed by atoms with Crippen LogP contribution in [0.3, 0.4) is 0 Å². The molecule has 0 aliphatic carbocycles. The first-order valence-electron chi connectivity index (χ1n) is 7.89. The van der Waals surface area contributed by atoms with Crippen LogP contribution in [0.1, 0.15) is 31.1 Å². The fraction of sp³-hybridized carbons (Fsp3) is 0.471. The van der Waals surface area contributed by atoms with Crippen LogP contribution in [0.25, 0.3) is 16.5 Å². The minimum absolute atomic E-state index is 0.0702. The molecule has 1 aromatic heterocycles. The first-order valence-corrected chi connectivity index (χ1v) is 7.89. The van der Waals surface area contributed by atoms with Gasteiger partial charge in [0.05, 0.1) is 31.2 Å². The van der Waals surface area contributed by atoms with Crippen molar-refractivity contribution in [2.24, 2.45) is 0 Å². The normalized spacial score (nSPS) is 22.9. The van der Waals surface area contributed by atoms with Gasteiger partial charge < -0.3 is 14.2 Å². The second kappa shape index (κ2) is 6.10. The zero-order valence-electron chi connectivity index (χ0n) is 12.5. The average molecular weight is 300 g/mol. The van der Waals surface area contributed by atoms with Gasteiger partial charge in [-0.2, -0.15) is 5.10 Å². The summed E-state index contributed by atoms with van der Waals surface area (Å²) in [5, 5.41) is 5.66. The maximum Gasteiger partial charge on any atom is 0.150 e. The van der Waals surface area contributed by atoms with Crippen LogP contribution in [0, 0.1) is 0 Å². The van der Waals surface area contributed by atoms with Crippen LogP contribution in [-0.2, 0) is 14.2 Å². The summed E-state index contributed by atoms with van der Waals surface area (Å²) >= 11 is 0. The van der Waals surface area contributed by atoms with Gasteiger partial charge in [-0.15, -0.1) is 0 Å². The van der Waals surface area contributed by atoms with Crippen molar-refractivity contribution < 1.29 is 14.2 Å². The van der Waals surface area contributed by atoms with E-state index < -0.39 is 0 Å². The largest absolute Gasteiger partial charge is 0.498 e. The van der Waals surface area contributed by atoms with E-state index in [1.54, 1.807) is 0 Å². The minimum atomic E-state index is 0.0702. The lowest BCUT2D eigenvalue weighted by atomic mass is 10.1. The van der Waals surface area contributed by atoms with Gasteiger partial charge in [-0.1, -0.05) is 6.07 Å². The summed E-state index contributed by atoms with van der Waals surface area (Å²) in [5.74, 6) is 0. The smallest absolute Gasteiger partial charge is 0.150 e. The van der Waals surface area contributed by atoms with Crippen molar-refractivity contribution in [2.45, 2.75) is 25.5 Å². The Kier molecular flexibility index (Phi) is 3.83. The van der Waals surface area contributed by atoms with Gasteiger partial charge in [-0.3, -0.25) is 0 Å². The molecule has 0 saturated carbocycles. The molecule has 116 valence electrons. The zero-order valence-corrected chi connectivity index (χ0v) is 12.5. The molecule has 22 heavy (non-hydrogen) atoms. The number of hydrogen-bond donors (Lipinski definition) is 0. The van der Waals surface area contributed by atoms with Gasteiger partial charge in [-0.05, 0) is 37.0 Å². The van der Waals surface area contributed by atoms with Crippen LogP contribution < -0.4 is 0 Å². The lowest BCUT2D eigenvalue weighted by Gasteiger charge is -2.23. The number of benzene rings is 1. The Morgan fingerprint density at radius 1 is 1.14 bits per heavy atom. The van der Waals surface area contributed by atoms with Crippen molar-refractivity contribution in [1.29, 1.82) is 0 Å². The zero-order chi connectivity index (χ0) is 14.8. The monoisotopic (exact) mass is 300 g/mol. The molecule has 1 atom stereocenters. The van der Waals surface area contributed by atoms with Gasteiger partial charge in [0.1, 0.15) is 6.61 Å². The van der Waals surface area contributed by atoms with Crippen molar-refractivity contribution >= 4 is 16.5 Å². The number of hydrogen-bond acceptors (Lipinski definition) is 4. The molecule has 4 rings (SSSR count). The highest BCUT2D eigenvalue weighted by Gasteiger charge is 2.18. The van der Waals surface area contributed by atoms with Gasteiger partial charge in [-0.25, -0.2) is 4.68 Å². The van der Waals surface area contributed by atoms with Crippen LogP contribution in [-0.4, -0.2) is 36.2 Å². The van der Waals surface area contributed by atoms with Gasteiger partial charge in [0, 0.05) is 17.6 Å². The van der Waals surface area contributed by atoms with Gasteiger partial charge in [0.15, 0.2) is 6.23 Å².